The van der Waals surface area contributed by atoms with Crippen molar-refractivity contribution in [2.24, 2.45) is 0 Å². The fourth-order valence-corrected chi connectivity index (χ4v) is 1.72. The number of benzene rings is 1. The number of anilines is 1. The van der Waals surface area contributed by atoms with Crippen LogP contribution in [-0.2, 0) is 10.2 Å². The zero-order chi connectivity index (χ0) is 12.3. The molecule has 0 spiro atoms. The third-order valence-electron chi connectivity index (χ3n) is 1.73. The Labute approximate surface area is 97.4 Å². The molecule has 0 aliphatic carbocycles. The van der Waals surface area contributed by atoms with Crippen LogP contribution >= 0.6 is 11.6 Å². The van der Waals surface area contributed by atoms with Crippen molar-refractivity contribution in [3.63, 3.8) is 0 Å². The first kappa shape index (κ1) is 12.8. The molecule has 0 fully saturated rings. The van der Waals surface area contributed by atoms with E-state index in [1.165, 1.54) is 25.2 Å². The standard InChI is InChI=1S/C8H9ClN2O4S/c1-10-16(14,15)11-7-4-5(9)2-3-6(7)8(12)13/h2-4,10-11H,1H3,(H,12,13). The maximum atomic E-state index is 11.2. The quantitative estimate of drug-likeness (QED) is 0.753. The molecule has 0 radical (unpaired) electrons. The van der Waals surface area contributed by atoms with E-state index in [4.69, 9.17) is 16.7 Å². The van der Waals surface area contributed by atoms with Crippen LogP contribution in [0.5, 0.6) is 0 Å². The fourth-order valence-electron chi connectivity index (χ4n) is 0.983. The van der Waals surface area contributed by atoms with Gasteiger partial charge in [-0.05, 0) is 18.2 Å². The van der Waals surface area contributed by atoms with Crippen LogP contribution in [0.3, 0.4) is 0 Å². The van der Waals surface area contributed by atoms with Crippen molar-refractivity contribution in [1.29, 1.82) is 0 Å². The number of halogens is 1. The summed E-state index contributed by atoms with van der Waals surface area (Å²) in [5.74, 6) is -1.24. The third kappa shape index (κ3) is 3.09. The average molecular weight is 265 g/mol. The van der Waals surface area contributed by atoms with Crippen molar-refractivity contribution in [3.8, 4) is 0 Å². The number of hydrogen-bond donors (Lipinski definition) is 3. The summed E-state index contributed by atoms with van der Waals surface area (Å²) >= 11 is 5.65. The Balaban J connectivity index is 3.21. The van der Waals surface area contributed by atoms with E-state index < -0.39 is 16.2 Å². The number of carboxylic acid groups (broad SMARTS) is 1. The van der Waals surface area contributed by atoms with Crippen molar-refractivity contribution in [2.75, 3.05) is 11.8 Å². The highest BCUT2D eigenvalue weighted by Crippen LogP contribution is 2.21. The Bertz CT molecular complexity index is 515. The summed E-state index contributed by atoms with van der Waals surface area (Å²) in [5, 5.41) is 9.06. The van der Waals surface area contributed by atoms with Gasteiger partial charge in [0.25, 0.3) is 10.2 Å². The maximum absolute atomic E-state index is 11.2. The first-order chi connectivity index (χ1) is 7.35. The van der Waals surface area contributed by atoms with E-state index >= 15 is 0 Å². The van der Waals surface area contributed by atoms with Gasteiger partial charge >= 0.3 is 5.97 Å². The Morgan fingerprint density at radius 1 is 1.44 bits per heavy atom. The summed E-state index contributed by atoms with van der Waals surface area (Å²) in [6.45, 7) is 0. The molecule has 0 aliphatic rings. The lowest BCUT2D eigenvalue weighted by Crippen LogP contribution is -2.27. The van der Waals surface area contributed by atoms with Crippen molar-refractivity contribution in [3.05, 3.63) is 28.8 Å². The van der Waals surface area contributed by atoms with Crippen LogP contribution in [0.25, 0.3) is 0 Å². The fraction of sp³-hybridized carbons (Fsp3) is 0.125. The van der Waals surface area contributed by atoms with Gasteiger partial charge in [0.15, 0.2) is 0 Å². The normalized spacial score (nSPS) is 11.1. The second kappa shape index (κ2) is 4.69. The van der Waals surface area contributed by atoms with E-state index in [1.807, 2.05) is 4.72 Å². The van der Waals surface area contributed by atoms with Crippen molar-refractivity contribution < 1.29 is 18.3 Å². The first-order valence-corrected chi connectivity index (χ1v) is 5.96. The second-order valence-electron chi connectivity index (χ2n) is 2.80. The van der Waals surface area contributed by atoms with Gasteiger partial charge in [0.05, 0.1) is 11.3 Å². The number of rotatable bonds is 4. The minimum Gasteiger partial charge on any atom is -0.478 e. The van der Waals surface area contributed by atoms with Gasteiger partial charge in [-0.3, -0.25) is 4.72 Å². The molecule has 0 aliphatic heterocycles. The molecule has 0 unspecified atom stereocenters. The summed E-state index contributed by atoms with van der Waals surface area (Å²) in [6.07, 6.45) is 0. The molecule has 6 nitrogen and oxygen atoms in total. The molecule has 1 rings (SSSR count). The van der Waals surface area contributed by atoms with Crippen molar-refractivity contribution in [1.82, 2.24) is 4.72 Å². The van der Waals surface area contributed by atoms with E-state index in [1.54, 1.807) is 0 Å². The summed E-state index contributed by atoms with van der Waals surface area (Å²) in [4.78, 5) is 10.8. The molecule has 0 bridgehead atoms. The van der Waals surface area contributed by atoms with E-state index in [9.17, 15) is 13.2 Å². The number of carboxylic acids is 1. The minimum atomic E-state index is -3.77. The van der Waals surface area contributed by atoms with Gasteiger partial charge in [-0.25, -0.2) is 9.52 Å². The molecule has 0 saturated heterocycles. The van der Waals surface area contributed by atoms with Crippen molar-refractivity contribution in [2.45, 2.75) is 0 Å². The average Bonchev–Trinajstić information content (AvgIpc) is 2.16. The highest BCUT2D eigenvalue weighted by molar-refractivity contribution is 7.90. The van der Waals surface area contributed by atoms with Gasteiger partial charge in [-0.2, -0.15) is 8.42 Å². The number of carbonyl (C=O) groups is 1. The molecule has 16 heavy (non-hydrogen) atoms. The van der Waals surface area contributed by atoms with Crippen LogP contribution in [0.1, 0.15) is 10.4 Å². The molecule has 3 N–H and O–H groups in total. The largest absolute Gasteiger partial charge is 0.478 e. The SMILES string of the molecule is CNS(=O)(=O)Nc1cc(Cl)ccc1C(=O)O. The van der Waals surface area contributed by atoms with Crippen molar-refractivity contribution >= 4 is 33.5 Å². The Hall–Kier alpha value is -1.31. The predicted molar refractivity (Wildman–Crippen MR) is 60.0 cm³/mol. The van der Waals surface area contributed by atoms with Crippen LogP contribution in [0.15, 0.2) is 18.2 Å². The molecule has 88 valence electrons. The second-order valence-corrected chi connectivity index (χ2v) is 4.86. The number of hydrogen-bond acceptors (Lipinski definition) is 3. The van der Waals surface area contributed by atoms with Gasteiger partial charge in [-0.15, -0.1) is 0 Å². The van der Waals surface area contributed by atoms with Gasteiger partial charge in [0.2, 0.25) is 0 Å². The van der Waals surface area contributed by atoms with Gasteiger partial charge in [-0.1, -0.05) is 11.6 Å². The van der Waals surface area contributed by atoms with E-state index in [-0.39, 0.29) is 16.3 Å². The van der Waals surface area contributed by atoms with Crippen LogP contribution in [-0.4, -0.2) is 26.5 Å². The van der Waals surface area contributed by atoms with E-state index in [0.29, 0.717) is 0 Å². The molecule has 1 aromatic rings. The zero-order valence-electron chi connectivity index (χ0n) is 8.19. The Morgan fingerprint density at radius 2 is 2.06 bits per heavy atom. The Kier molecular flexibility index (Phi) is 3.74. The number of aromatic carboxylic acids is 1. The summed E-state index contributed by atoms with van der Waals surface area (Å²) in [6, 6.07) is 3.81. The smallest absolute Gasteiger partial charge is 0.337 e. The molecular formula is C8H9ClN2O4S. The van der Waals surface area contributed by atoms with Crippen LogP contribution in [0, 0.1) is 0 Å². The monoisotopic (exact) mass is 264 g/mol. The molecule has 0 saturated carbocycles. The summed E-state index contributed by atoms with van der Waals surface area (Å²) in [7, 11) is -2.57. The van der Waals surface area contributed by atoms with E-state index in [0.717, 1.165) is 0 Å². The molecule has 0 heterocycles. The predicted octanol–water partition coefficient (Wildman–Crippen LogP) is 0.914. The number of nitrogens with one attached hydrogen (secondary N) is 2. The molecule has 0 atom stereocenters. The van der Waals surface area contributed by atoms with Crippen LogP contribution < -0.4 is 9.44 Å². The molecule has 0 amide bonds. The van der Waals surface area contributed by atoms with Crippen LogP contribution in [0.4, 0.5) is 5.69 Å². The topological polar surface area (TPSA) is 95.5 Å². The van der Waals surface area contributed by atoms with Gasteiger partial charge in [0.1, 0.15) is 0 Å². The lowest BCUT2D eigenvalue weighted by molar-refractivity contribution is 0.0698. The molecule has 0 aromatic heterocycles. The lowest BCUT2D eigenvalue weighted by Gasteiger charge is -2.09. The van der Waals surface area contributed by atoms with Gasteiger partial charge in [0, 0.05) is 12.1 Å². The highest BCUT2D eigenvalue weighted by Gasteiger charge is 2.15. The highest BCUT2D eigenvalue weighted by atomic mass is 35.5. The maximum Gasteiger partial charge on any atom is 0.337 e. The minimum absolute atomic E-state index is 0.0886. The summed E-state index contributed by atoms with van der Waals surface area (Å²) in [5.41, 5.74) is -0.266. The molecular weight excluding hydrogens is 256 g/mol. The lowest BCUT2D eigenvalue weighted by atomic mass is 10.2. The van der Waals surface area contributed by atoms with Crippen LogP contribution in [0.2, 0.25) is 5.02 Å². The Morgan fingerprint density at radius 3 is 2.56 bits per heavy atom. The molecule has 8 heteroatoms. The molecule has 1 aromatic carbocycles. The van der Waals surface area contributed by atoms with E-state index in [2.05, 4.69) is 4.72 Å². The summed E-state index contributed by atoms with van der Waals surface area (Å²) < 4.78 is 26.4. The third-order valence-corrected chi connectivity index (χ3v) is 2.99. The first-order valence-electron chi connectivity index (χ1n) is 4.10. The zero-order valence-corrected chi connectivity index (χ0v) is 9.76. The van der Waals surface area contributed by atoms with Gasteiger partial charge < -0.3 is 5.11 Å².